The Balaban J connectivity index is 0.000000293. The van der Waals surface area contributed by atoms with Crippen molar-refractivity contribution in [3.8, 4) is 28.3 Å². The number of hydrogen-bond donors (Lipinski definition) is 2. The number of ether oxygens (including phenoxy) is 2. The van der Waals surface area contributed by atoms with E-state index in [1.807, 2.05) is 11.0 Å². The van der Waals surface area contributed by atoms with E-state index in [0.717, 1.165) is 64.8 Å². The van der Waals surface area contributed by atoms with Crippen molar-refractivity contribution < 1.29 is 23.5 Å². The van der Waals surface area contributed by atoms with Gasteiger partial charge in [-0.05, 0) is 98.2 Å². The topological polar surface area (TPSA) is 137 Å². The number of hydrogen-bond acceptors (Lipinski definition) is 7. The molecule has 0 spiro atoms. The van der Waals surface area contributed by atoms with E-state index in [1.165, 1.54) is 39.2 Å². The molecule has 2 aromatic carbocycles. The second kappa shape index (κ2) is 19.4. The number of amides is 3. The maximum Gasteiger partial charge on any atom is 0.330 e. The normalized spacial score (nSPS) is 17.8. The Morgan fingerprint density at radius 3 is 2.54 bits per heavy atom. The highest BCUT2D eigenvalue weighted by Crippen LogP contribution is 2.44. The molecule has 0 saturated carbocycles. The first kappa shape index (κ1) is 45.1. The van der Waals surface area contributed by atoms with Gasteiger partial charge in [0, 0.05) is 68.4 Å². The van der Waals surface area contributed by atoms with Crippen LogP contribution in [0, 0.1) is 18.7 Å². The summed E-state index contributed by atoms with van der Waals surface area (Å²) in [6.45, 7) is 12.7. The van der Waals surface area contributed by atoms with Gasteiger partial charge in [-0.15, -0.1) is 0 Å². The number of benzene rings is 2. The van der Waals surface area contributed by atoms with Gasteiger partial charge in [-0.1, -0.05) is 57.8 Å². The summed E-state index contributed by atoms with van der Waals surface area (Å²) in [5.74, 6) is 0.401. The van der Waals surface area contributed by atoms with Crippen LogP contribution in [0.25, 0.3) is 22.4 Å². The molecule has 1 aliphatic heterocycles. The van der Waals surface area contributed by atoms with Crippen LogP contribution >= 0.6 is 11.6 Å². The van der Waals surface area contributed by atoms with Gasteiger partial charge >= 0.3 is 11.7 Å². The highest BCUT2D eigenvalue weighted by molar-refractivity contribution is 6.36. The second-order valence-electron chi connectivity index (χ2n) is 15.9. The zero-order chi connectivity index (χ0) is 43.2. The molecule has 3 heterocycles. The summed E-state index contributed by atoms with van der Waals surface area (Å²) in [5.41, 5.74) is 3.48. The number of methoxy groups -OCH3 is 2. The lowest BCUT2D eigenvalue weighted by Crippen LogP contribution is -2.60. The number of aromatic nitrogens is 3. The van der Waals surface area contributed by atoms with Crippen LogP contribution in [-0.4, -0.2) is 70.4 Å². The van der Waals surface area contributed by atoms with Crippen molar-refractivity contribution in [1.29, 1.82) is 0 Å². The molecule has 3 amide bonds. The number of aryl methyl sites for hydroxylation is 2. The molecule has 0 radical (unpaired) electrons. The number of fused-ring (bicyclic) bond motifs is 1. The molecule has 318 valence electrons. The van der Waals surface area contributed by atoms with Crippen molar-refractivity contribution in [3.63, 3.8) is 0 Å². The van der Waals surface area contributed by atoms with Crippen molar-refractivity contribution >= 4 is 29.2 Å². The summed E-state index contributed by atoms with van der Waals surface area (Å²) in [7, 11) is 6.01. The van der Waals surface area contributed by atoms with E-state index in [0.29, 0.717) is 53.0 Å². The number of carbonyl (C=O) groups excluding carboxylic acids is 2. The van der Waals surface area contributed by atoms with Gasteiger partial charge in [-0.3, -0.25) is 14.2 Å². The van der Waals surface area contributed by atoms with E-state index in [9.17, 15) is 19.2 Å². The number of pyridine rings is 1. The van der Waals surface area contributed by atoms with Gasteiger partial charge in [-0.2, -0.15) is 0 Å². The SMILES string of the molecule is CCC(C)CCC1(CC)CCN(CCOC)C(=O)N1.COc1nc(-c2ccc(F)c(-c3cccc(NC(=O)c4cn(C)c(=O)n(C)c4=O)c3C)c2Cl)cc2c1C(C)CC2. The summed E-state index contributed by atoms with van der Waals surface area (Å²) < 4.78 is 28.0. The van der Waals surface area contributed by atoms with Gasteiger partial charge in [0.05, 0.1) is 24.4 Å². The number of urea groups is 1. The van der Waals surface area contributed by atoms with Crippen molar-refractivity contribution in [2.45, 2.75) is 91.0 Å². The largest absolute Gasteiger partial charge is 0.481 e. The monoisotopic (exact) mass is 832 g/mol. The van der Waals surface area contributed by atoms with Gasteiger partial charge in [0.15, 0.2) is 0 Å². The fourth-order valence-electron chi connectivity index (χ4n) is 7.91. The Kier molecular flexibility index (Phi) is 14.8. The summed E-state index contributed by atoms with van der Waals surface area (Å²) in [6, 6.07) is 10.0. The first-order valence-corrected chi connectivity index (χ1v) is 20.8. The van der Waals surface area contributed by atoms with E-state index in [-0.39, 0.29) is 27.7 Å². The maximum atomic E-state index is 15.4. The Morgan fingerprint density at radius 2 is 1.88 bits per heavy atom. The summed E-state index contributed by atoms with van der Waals surface area (Å²) >= 11 is 6.87. The quantitative estimate of drug-likeness (QED) is 0.139. The fraction of sp³-hybridized carbons (Fsp3) is 0.489. The van der Waals surface area contributed by atoms with Gasteiger partial charge in [0.1, 0.15) is 11.4 Å². The molecule has 0 bridgehead atoms. The van der Waals surface area contributed by atoms with Crippen molar-refractivity contribution in [1.82, 2.24) is 24.3 Å². The molecule has 3 unspecified atom stereocenters. The molecule has 2 aliphatic rings. The van der Waals surface area contributed by atoms with Gasteiger partial charge < -0.3 is 29.6 Å². The molecule has 6 rings (SSSR count). The van der Waals surface area contributed by atoms with Crippen LogP contribution in [0.4, 0.5) is 14.9 Å². The molecule has 14 heteroatoms. The number of nitrogens with one attached hydrogen (secondary N) is 2. The van der Waals surface area contributed by atoms with E-state index in [1.54, 1.807) is 45.4 Å². The van der Waals surface area contributed by atoms with Crippen LogP contribution < -0.4 is 26.6 Å². The third-order valence-electron chi connectivity index (χ3n) is 12.1. The van der Waals surface area contributed by atoms with Crippen LogP contribution in [0.1, 0.15) is 99.2 Å². The molecule has 4 aromatic rings. The summed E-state index contributed by atoms with van der Waals surface area (Å²) in [4.78, 5) is 56.3. The van der Waals surface area contributed by atoms with Crippen LogP contribution in [-0.2, 0) is 25.3 Å². The maximum absolute atomic E-state index is 15.4. The zero-order valence-corrected chi connectivity index (χ0v) is 36.5. The van der Waals surface area contributed by atoms with Gasteiger partial charge in [0.2, 0.25) is 5.88 Å². The average molecular weight is 833 g/mol. The minimum Gasteiger partial charge on any atom is -0.481 e. The third kappa shape index (κ3) is 9.73. The predicted octanol–water partition coefficient (Wildman–Crippen LogP) is 8.25. The van der Waals surface area contributed by atoms with Crippen LogP contribution in [0.2, 0.25) is 5.02 Å². The van der Waals surface area contributed by atoms with Crippen molar-refractivity contribution in [2.24, 2.45) is 20.0 Å². The number of carbonyl (C=O) groups is 2. The van der Waals surface area contributed by atoms with Crippen LogP contribution in [0.15, 0.2) is 52.2 Å². The van der Waals surface area contributed by atoms with E-state index < -0.39 is 23.0 Å². The minimum absolute atomic E-state index is 0.0179. The lowest BCUT2D eigenvalue weighted by molar-refractivity contribution is 0.102. The molecule has 59 heavy (non-hydrogen) atoms. The molecule has 2 N–H and O–H groups in total. The Bertz CT molecular complexity index is 2310. The number of nitrogens with zero attached hydrogens (tertiary/aromatic N) is 4. The van der Waals surface area contributed by atoms with Crippen molar-refractivity contribution in [3.05, 3.63) is 96.5 Å². The fourth-order valence-corrected chi connectivity index (χ4v) is 8.26. The molecule has 2 aromatic heterocycles. The van der Waals surface area contributed by atoms with Gasteiger partial charge in [0.25, 0.3) is 11.5 Å². The first-order chi connectivity index (χ1) is 28.1. The molecule has 3 atom stereocenters. The average Bonchev–Trinajstić information content (AvgIpc) is 3.61. The first-order valence-electron chi connectivity index (χ1n) is 20.4. The molecule has 1 fully saturated rings. The number of rotatable bonds is 13. The van der Waals surface area contributed by atoms with E-state index in [4.69, 9.17) is 26.1 Å². The molecule has 1 aliphatic carbocycles. The molecule has 1 saturated heterocycles. The zero-order valence-electron chi connectivity index (χ0n) is 35.8. The van der Waals surface area contributed by atoms with Gasteiger partial charge in [-0.25, -0.2) is 19.0 Å². The highest BCUT2D eigenvalue weighted by Gasteiger charge is 2.36. The second-order valence-corrected chi connectivity index (χ2v) is 16.3. The minimum atomic E-state index is -0.720. The lowest BCUT2D eigenvalue weighted by Gasteiger charge is -2.42. The van der Waals surface area contributed by atoms with E-state index >= 15 is 4.39 Å². The van der Waals surface area contributed by atoms with Crippen LogP contribution in [0.5, 0.6) is 5.88 Å². The standard InChI is InChI=1S/C30H28ClFN4O4.C15H30N2O2/c1-15-9-10-17-13-23(34-28(40-5)24(15)17)19-11-12-21(32)25(26(19)31)18-7-6-8-22(16(18)2)33-27(37)20-14-35(3)30(39)36(4)29(20)38;1-5-13(3)7-8-15(6-2)9-10-17(11-12-19-4)14(18)16-15/h6-8,11-15H,9-10H2,1-5H3,(H,33,37);13H,5-12H2,1-4H3,(H,16,18). The predicted molar refractivity (Wildman–Crippen MR) is 231 cm³/mol. The Morgan fingerprint density at radius 1 is 1.14 bits per heavy atom. The number of anilines is 1. The molecular weight excluding hydrogens is 775 g/mol. The lowest BCUT2D eigenvalue weighted by atomic mass is 9.82. The molecular formula is C45H58ClFN6O6. The van der Waals surface area contributed by atoms with Crippen LogP contribution in [0.3, 0.4) is 0 Å². The molecule has 12 nitrogen and oxygen atoms in total. The highest BCUT2D eigenvalue weighted by atomic mass is 35.5. The Hall–Kier alpha value is -5.01. The Labute approximate surface area is 351 Å². The third-order valence-corrected chi connectivity index (χ3v) is 12.5. The summed E-state index contributed by atoms with van der Waals surface area (Å²) in [5, 5.41) is 6.15. The van der Waals surface area contributed by atoms with Crippen molar-refractivity contribution in [2.75, 3.05) is 39.2 Å². The smallest absolute Gasteiger partial charge is 0.330 e. The summed E-state index contributed by atoms with van der Waals surface area (Å²) in [6.07, 6.45) is 8.68. The number of halogens is 2. The van der Waals surface area contributed by atoms with E-state index in [2.05, 4.69) is 38.3 Å².